The number of nitrogens with two attached hydrogens (primary N) is 1. The van der Waals surface area contributed by atoms with Crippen LogP contribution in [-0.2, 0) is 20.4 Å². The molecule has 5 rings (SSSR count). The van der Waals surface area contributed by atoms with Crippen LogP contribution in [0.2, 0.25) is 0 Å². The molecule has 1 aromatic carbocycles. The number of alkyl halides is 1. The highest BCUT2D eigenvalue weighted by molar-refractivity contribution is 7.42. The molecule has 0 radical (unpaired) electrons. The zero-order valence-electron chi connectivity index (χ0n) is 14.6. The molecule has 3 aromatic rings. The molecule has 11 heteroatoms. The van der Waals surface area contributed by atoms with Gasteiger partial charge >= 0.3 is 8.60 Å². The van der Waals surface area contributed by atoms with Crippen LogP contribution in [0.25, 0.3) is 11.2 Å². The van der Waals surface area contributed by atoms with Crippen molar-refractivity contribution in [1.82, 2.24) is 19.5 Å². The zero-order valence-corrected chi connectivity index (χ0v) is 15.5. The SMILES string of the molecule is Nc1ncnc2c1ncn2C1CC(F)C(COP2OCc3ccccc3O2)O1. The number of hydrogen-bond donors (Lipinski definition) is 1. The van der Waals surface area contributed by atoms with Crippen molar-refractivity contribution in [2.75, 3.05) is 12.3 Å². The lowest BCUT2D eigenvalue weighted by molar-refractivity contribution is -0.0302. The van der Waals surface area contributed by atoms with Crippen LogP contribution in [0.3, 0.4) is 0 Å². The number of rotatable bonds is 4. The minimum absolute atomic E-state index is 0.0231. The Balaban J connectivity index is 1.24. The summed E-state index contributed by atoms with van der Waals surface area (Å²) in [4.78, 5) is 12.3. The third-order valence-electron chi connectivity index (χ3n) is 4.67. The second-order valence-corrected chi connectivity index (χ2v) is 7.60. The average molecular weight is 405 g/mol. The van der Waals surface area contributed by atoms with Crippen LogP contribution in [0.4, 0.5) is 10.2 Å². The fourth-order valence-corrected chi connectivity index (χ4v) is 4.26. The summed E-state index contributed by atoms with van der Waals surface area (Å²) in [7, 11) is -1.59. The van der Waals surface area contributed by atoms with Gasteiger partial charge in [-0.05, 0) is 6.07 Å². The Kier molecular flexibility index (Phi) is 4.56. The number of nitrogens with zero attached hydrogens (tertiary/aromatic N) is 4. The number of ether oxygens (including phenoxy) is 1. The number of anilines is 1. The summed E-state index contributed by atoms with van der Waals surface area (Å²) in [6, 6.07) is 7.58. The van der Waals surface area contributed by atoms with Gasteiger partial charge in [0.1, 0.15) is 36.1 Å². The van der Waals surface area contributed by atoms with E-state index in [0.717, 1.165) is 11.3 Å². The molecule has 2 aliphatic rings. The van der Waals surface area contributed by atoms with Gasteiger partial charge < -0.3 is 15.0 Å². The average Bonchev–Trinajstić information content (AvgIpc) is 3.30. The smallest absolute Gasteiger partial charge is 0.397 e. The normalized spacial score (nSPS) is 26.9. The van der Waals surface area contributed by atoms with Crippen LogP contribution in [0.5, 0.6) is 5.75 Å². The van der Waals surface area contributed by atoms with Crippen LogP contribution in [-0.4, -0.2) is 38.4 Å². The van der Waals surface area contributed by atoms with Gasteiger partial charge in [0.25, 0.3) is 0 Å². The third kappa shape index (κ3) is 3.18. The molecule has 4 heterocycles. The van der Waals surface area contributed by atoms with Crippen LogP contribution in [0.1, 0.15) is 18.2 Å². The maximum atomic E-state index is 14.5. The molecule has 0 aliphatic carbocycles. The van der Waals surface area contributed by atoms with Gasteiger partial charge in [-0.2, -0.15) is 0 Å². The molecule has 146 valence electrons. The van der Waals surface area contributed by atoms with E-state index in [4.69, 9.17) is 24.0 Å². The molecule has 1 fully saturated rings. The molecule has 2 aliphatic heterocycles. The molecule has 0 spiro atoms. The Morgan fingerprint density at radius 2 is 2.18 bits per heavy atom. The minimum Gasteiger partial charge on any atom is -0.426 e. The lowest BCUT2D eigenvalue weighted by atomic mass is 10.2. The first-order valence-electron chi connectivity index (χ1n) is 8.73. The lowest BCUT2D eigenvalue weighted by Crippen LogP contribution is -2.23. The summed E-state index contributed by atoms with van der Waals surface area (Å²) in [5.41, 5.74) is 7.73. The van der Waals surface area contributed by atoms with Crippen molar-refractivity contribution in [2.24, 2.45) is 0 Å². The van der Waals surface area contributed by atoms with Crippen LogP contribution in [0, 0.1) is 0 Å². The maximum absolute atomic E-state index is 14.5. The van der Waals surface area contributed by atoms with Crippen molar-refractivity contribution in [3.05, 3.63) is 42.5 Å². The van der Waals surface area contributed by atoms with Crippen LogP contribution in [0.15, 0.2) is 36.9 Å². The van der Waals surface area contributed by atoms with Gasteiger partial charge in [-0.1, -0.05) is 18.2 Å². The molecule has 2 N–H and O–H groups in total. The Hall–Kier alpha value is -2.39. The van der Waals surface area contributed by atoms with Gasteiger partial charge in [0, 0.05) is 12.0 Å². The van der Waals surface area contributed by atoms with E-state index in [1.807, 2.05) is 24.3 Å². The van der Waals surface area contributed by atoms with Gasteiger partial charge in [-0.25, -0.2) is 19.3 Å². The number of fused-ring (bicyclic) bond motifs is 2. The fraction of sp³-hybridized carbons (Fsp3) is 0.353. The molecular weight excluding hydrogens is 388 g/mol. The zero-order chi connectivity index (χ0) is 19.1. The highest BCUT2D eigenvalue weighted by Gasteiger charge is 2.38. The number of hydrogen-bond acceptors (Lipinski definition) is 8. The topological polar surface area (TPSA) is 107 Å². The Bertz CT molecular complexity index is 1000. The van der Waals surface area contributed by atoms with Gasteiger partial charge in [0.05, 0.1) is 19.5 Å². The predicted octanol–water partition coefficient (Wildman–Crippen LogP) is 2.89. The van der Waals surface area contributed by atoms with Gasteiger partial charge in [0.15, 0.2) is 11.5 Å². The van der Waals surface area contributed by atoms with Gasteiger partial charge in [-0.15, -0.1) is 0 Å². The monoisotopic (exact) mass is 405 g/mol. The van der Waals surface area contributed by atoms with E-state index in [9.17, 15) is 4.39 Å². The number of aromatic nitrogens is 4. The third-order valence-corrected chi connectivity index (χ3v) is 5.72. The Morgan fingerprint density at radius 3 is 3.11 bits per heavy atom. The highest BCUT2D eigenvalue weighted by Crippen LogP contribution is 2.47. The van der Waals surface area contributed by atoms with Gasteiger partial charge in [0.2, 0.25) is 0 Å². The van der Waals surface area contributed by atoms with Crippen molar-refractivity contribution in [1.29, 1.82) is 0 Å². The standard InChI is InChI=1S/C17H17FN5O4P/c18-11-5-14(23-9-22-15-16(19)20-8-21-17(15)23)26-13(11)7-25-28-24-6-10-3-1-2-4-12(10)27-28/h1-4,8-9,11,13-14H,5-7H2,(H2,19,20,21). The molecule has 0 amide bonds. The summed E-state index contributed by atoms with van der Waals surface area (Å²) in [6.07, 6.45) is 0.541. The predicted molar refractivity (Wildman–Crippen MR) is 97.9 cm³/mol. The van der Waals surface area contributed by atoms with Gasteiger partial charge in [-0.3, -0.25) is 13.6 Å². The summed E-state index contributed by atoms with van der Waals surface area (Å²) in [6.45, 7) is 0.423. The number of halogens is 1. The van der Waals surface area contributed by atoms with Crippen molar-refractivity contribution in [3.63, 3.8) is 0 Å². The molecule has 9 nitrogen and oxygen atoms in total. The lowest BCUT2D eigenvalue weighted by Gasteiger charge is -2.24. The Morgan fingerprint density at radius 1 is 1.29 bits per heavy atom. The van der Waals surface area contributed by atoms with Crippen LogP contribution >= 0.6 is 8.60 Å². The summed E-state index contributed by atoms with van der Waals surface area (Å²) in [5.74, 6) is 0.997. The second kappa shape index (κ2) is 7.21. The summed E-state index contributed by atoms with van der Waals surface area (Å²) < 4.78 is 39.0. The first-order chi connectivity index (χ1) is 13.7. The molecule has 0 bridgehead atoms. The fourth-order valence-electron chi connectivity index (χ4n) is 3.23. The molecule has 28 heavy (non-hydrogen) atoms. The van der Waals surface area contributed by atoms with E-state index in [-0.39, 0.29) is 18.8 Å². The Labute approximate surface area is 160 Å². The first-order valence-corrected chi connectivity index (χ1v) is 9.83. The quantitative estimate of drug-likeness (QED) is 0.661. The maximum Gasteiger partial charge on any atom is 0.397 e. The van der Waals surface area contributed by atoms with E-state index < -0.39 is 27.1 Å². The van der Waals surface area contributed by atoms with Crippen molar-refractivity contribution < 1.29 is 22.7 Å². The van der Waals surface area contributed by atoms with Crippen molar-refractivity contribution >= 4 is 25.6 Å². The second-order valence-electron chi connectivity index (χ2n) is 6.46. The summed E-state index contributed by atoms with van der Waals surface area (Å²) in [5, 5.41) is 0. The summed E-state index contributed by atoms with van der Waals surface area (Å²) >= 11 is 0. The molecule has 0 saturated carbocycles. The minimum atomic E-state index is -1.59. The van der Waals surface area contributed by atoms with E-state index in [1.54, 1.807) is 4.57 Å². The number of para-hydroxylation sites is 1. The molecular formula is C17H17FN5O4P. The molecule has 4 atom stereocenters. The number of imidazole rings is 1. The van der Waals surface area contributed by atoms with E-state index in [1.165, 1.54) is 12.7 Å². The molecule has 1 saturated heterocycles. The first kappa shape index (κ1) is 17.7. The number of benzene rings is 1. The van der Waals surface area contributed by atoms with E-state index in [2.05, 4.69) is 15.0 Å². The van der Waals surface area contributed by atoms with E-state index in [0.29, 0.717) is 17.8 Å². The molecule has 4 unspecified atom stereocenters. The van der Waals surface area contributed by atoms with Crippen molar-refractivity contribution in [3.8, 4) is 5.75 Å². The number of nitrogen functional groups attached to an aromatic ring is 1. The molecule has 2 aromatic heterocycles. The largest absolute Gasteiger partial charge is 0.426 e. The van der Waals surface area contributed by atoms with Crippen LogP contribution < -0.4 is 10.3 Å². The highest BCUT2D eigenvalue weighted by atomic mass is 31.2. The van der Waals surface area contributed by atoms with Crippen molar-refractivity contribution in [2.45, 2.75) is 31.5 Å². The van der Waals surface area contributed by atoms with E-state index >= 15 is 0 Å².